The Labute approximate surface area is 157 Å². The summed E-state index contributed by atoms with van der Waals surface area (Å²) in [6, 6.07) is 14.9. The molecule has 1 saturated heterocycles. The highest BCUT2D eigenvalue weighted by atomic mass is 35.5. The van der Waals surface area contributed by atoms with Crippen LogP contribution in [0.1, 0.15) is 17.2 Å². The van der Waals surface area contributed by atoms with Crippen LogP contribution in [0.3, 0.4) is 0 Å². The number of benzene rings is 2. The standard InChI is InChI=1S/C20H19ClN2O3/c21-15-5-7-16(8-6-15)26-13-20(25)22-11-18-17-4-2-1-3-14(17)9-10-23(18)19(24)12-22/h1-8,18H,9-13H2/t18-/m1/s1. The molecule has 1 atom stereocenters. The molecule has 0 saturated carbocycles. The summed E-state index contributed by atoms with van der Waals surface area (Å²) >= 11 is 5.85. The zero-order valence-corrected chi connectivity index (χ0v) is 15.0. The largest absolute Gasteiger partial charge is 0.484 e. The van der Waals surface area contributed by atoms with Crippen LogP contribution in [0.25, 0.3) is 0 Å². The van der Waals surface area contributed by atoms with Gasteiger partial charge in [-0.1, -0.05) is 35.9 Å². The van der Waals surface area contributed by atoms with Crippen molar-refractivity contribution in [3.05, 3.63) is 64.7 Å². The summed E-state index contributed by atoms with van der Waals surface area (Å²) in [5, 5.41) is 0.612. The number of halogens is 1. The molecule has 0 aromatic heterocycles. The number of carbonyl (C=O) groups excluding carboxylic acids is 2. The van der Waals surface area contributed by atoms with Crippen molar-refractivity contribution in [1.82, 2.24) is 9.80 Å². The van der Waals surface area contributed by atoms with Gasteiger partial charge >= 0.3 is 0 Å². The molecular weight excluding hydrogens is 352 g/mol. The SMILES string of the molecule is O=C(COc1ccc(Cl)cc1)N1CC(=O)N2CCc3ccccc3[C@H]2C1. The first kappa shape index (κ1) is 16.9. The van der Waals surface area contributed by atoms with Gasteiger partial charge in [0.25, 0.3) is 5.91 Å². The fourth-order valence-electron chi connectivity index (χ4n) is 3.63. The minimum Gasteiger partial charge on any atom is -0.484 e. The zero-order chi connectivity index (χ0) is 18.1. The maximum atomic E-state index is 12.6. The van der Waals surface area contributed by atoms with Gasteiger partial charge < -0.3 is 14.5 Å². The van der Waals surface area contributed by atoms with E-state index in [1.165, 1.54) is 5.56 Å². The summed E-state index contributed by atoms with van der Waals surface area (Å²) in [4.78, 5) is 28.6. The van der Waals surface area contributed by atoms with Crippen molar-refractivity contribution in [3.8, 4) is 5.75 Å². The smallest absolute Gasteiger partial charge is 0.261 e. The van der Waals surface area contributed by atoms with Crippen LogP contribution in [-0.2, 0) is 16.0 Å². The maximum Gasteiger partial charge on any atom is 0.261 e. The van der Waals surface area contributed by atoms with Gasteiger partial charge in [0.1, 0.15) is 5.75 Å². The van der Waals surface area contributed by atoms with Crippen LogP contribution in [0.15, 0.2) is 48.5 Å². The second-order valence-corrected chi connectivity index (χ2v) is 7.01. The lowest BCUT2D eigenvalue weighted by atomic mass is 9.91. The molecule has 2 amide bonds. The fourth-order valence-corrected chi connectivity index (χ4v) is 3.76. The number of piperazine rings is 1. The molecule has 134 valence electrons. The van der Waals surface area contributed by atoms with Crippen LogP contribution in [0, 0.1) is 0 Å². The van der Waals surface area contributed by atoms with E-state index in [0.717, 1.165) is 12.0 Å². The van der Waals surface area contributed by atoms with Gasteiger partial charge in [0, 0.05) is 18.1 Å². The molecule has 0 aliphatic carbocycles. The van der Waals surface area contributed by atoms with Crippen LogP contribution < -0.4 is 4.74 Å². The van der Waals surface area contributed by atoms with Crippen molar-refractivity contribution in [2.45, 2.75) is 12.5 Å². The molecular formula is C20H19ClN2O3. The predicted octanol–water partition coefficient (Wildman–Crippen LogP) is 2.69. The van der Waals surface area contributed by atoms with E-state index in [1.54, 1.807) is 29.2 Å². The minimum absolute atomic E-state index is 0.00408. The van der Waals surface area contributed by atoms with Gasteiger partial charge in [-0.3, -0.25) is 9.59 Å². The van der Waals surface area contributed by atoms with Gasteiger partial charge in [0.05, 0.1) is 12.6 Å². The Kier molecular flexibility index (Phi) is 4.55. The Bertz CT molecular complexity index is 837. The first-order valence-electron chi connectivity index (χ1n) is 8.65. The Hall–Kier alpha value is -2.53. The van der Waals surface area contributed by atoms with Crippen LogP contribution >= 0.6 is 11.6 Å². The molecule has 0 unspecified atom stereocenters. The van der Waals surface area contributed by atoms with Crippen LogP contribution in [0.5, 0.6) is 5.75 Å². The highest BCUT2D eigenvalue weighted by molar-refractivity contribution is 6.30. The number of rotatable bonds is 3. The Morgan fingerprint density at radius 3 is 2.73 bits per heavy atom. The molecule has 2 aromatic rings. The normalized spacial score (nSPS) is 19.0. The number of hydrogen-bond acceptors (Lipinski definition) is 3. The summed E-state index contributed by atoms with van der Waals surface area (Å²) < 4.78 is 5.54. The van der Waals surface area contributed by atoms with Crippen LogP contribution in [0.4, 0.5) is 0 Å². The number of fused-ring (bicyclic) bond motifs is 3. The lowest BCUT2D eigenvalue weighted by Gasteiger charge is -2.44. The van der Waals surface area contributed by atoms with E-state index in [4.69, 9.17) is 16.3 Å². The number of amides is 2. The van der Waals surface area contributed by atoms with Crippen molar-refractivity contribution < 1.29 is 14.3 Å². The summed E-state index contributed by atoms with van der Waals surface area (Å²) in [6.07, 6.45) is 0.867. The summed E-state index contributed by atoms with van der Waals surface area (Å²) in [7, 11) is 0. The molecule has 0 bridgehead atoms. The third-order valence-electron chi connectivity index (χ3n) is 4.98. The van der Waals surface area contributed by atoms with E-state index in [1.807, 2.05) is 17.0 Å². The molecule has 2 aromatic carbocycles. The molecule has 4 rings (SSSR count). The monoisotopic (exact) mass is 370 g/mol. The number of nitrogens with zero attached hydrogens (tertiary/aromatic N) is 2. The van der Waals surface area contributed by atoms with Gasteiger partial charge in [-0.05, 0) is 41.8 Å². The molecule has 6 heteroatoms. The third-order valence-corrected chi connectivity index (χ3v) is 5.23. The second kappa shape index (κ2) is 7.00. The topological polar surface area (TPSA) is 49.9 Å². The molecule has 0 spiro atoms. The van der Waals surface area contributed by atoms with Gasteiger partial charge in [0.2, 0.25) is 5.91 Å². The summed E-state index contributed by atoms with van der Waals surface area (Å²) in [5.41, 5.74) is 2.40. The number of ether oxygens (including phenoxy) is 1. The molecule has 26 heavy (non-hydrogen) atoms. The molecule has 2 aliphatic rings. The van der Waals surface area contributed by atoms with Crippen molar-refractivity contribution in [1.29, 1.82) is 0 Å². The molecule has 2 aliphatic heterocycles. The molecule has 5 nitrogen and oxygen atoms in total. The minimum atomic E-state index is -0.184. The summed E-state index contributed by atoms with van der Waals surface area (Å²) in [5.74, 6) is 0.391. The molecule has 0 N–H and O–H groups in total. The average molecular weight is 371 g/mol. The lowest BCUT2D eigenvalue weighted by molar-refractivity contribution is -0.150. The highest BCUT2D eigenvalue weighted by Crippen LogP contribution is 2.33. The van der Waals surface area contributed by atoms with E-state index >= 15 is 0 Å². The van der Waals surface area contributed by atoms with Crippen molar-refractivity contribution in [2.24, 2.45) is 0 Å². The Morgan fingerprint density at radius 2 is 1.92 bits per heavy atom. The van der Waals surface area contributed by atoms with Gasteiger partial charge in [-0.2, -0.15) is 0 Å². The van der Waals surface area contributed by atoms with E-state index in [9.17, 15) is 9.59 Å². The zero-order valence-electron chi connectivity index (χ0n) is 14.2. The molecule has 0 radical (unpaired) electrons. The first-order valence-corrected chi connectivity index (χ1v) is 9.03. The summed E-state index contributed by atoms with van der Waals surface area (Å²) in [6.45, 7) is 1.24. The van der Waals surface area contributed by atoms with E-state index in [2.05, 4.69) is 12.1 Å². The molecule has 1 fully saturated rings. The van der Waals surface area contributed by atoms with Crippen molar-refractivity contribution in [2.75, 3.05) is 26.2 Å². The fraction of sp³-hybridized carbons (Fsp3) is 0.300. The van der Waals surface area contributed by atoms with Crippen molar-refractivity contribution in [3.63, 3.8) is 0 Å². The first-order chi connectivity index (χ1) is 12.6. The predicted molar refractivity (Wildman–Crippen MR) is 98.1 cm³/mol. The lowest BCUT2D eigenvalue weighted by Crippen LogP contribution is -2.56. The Morgan fingerprint density at radius 1 is 1.15 bits per heavy atom. The van der Waals surface area contributed by atoms with E-state index in [0.29, 0.717) is 23.9 Å². The quantitative estimate of drug-likeness (QED) is 0.834. The van der Waals surface area contributed by atoms with Crippen LogP contribution in [-0.4, -0.2) is 47.9 Å². The van der Waals surface area contributed by atoms with Crippen molar-refractivity contribution >= 4 is 23.4 Å². The number of hydrogen-bond donors (Lipinski definition) is 0. The van der Waals surface area contributed by atoms with Gasteiger partial charge in [-0.25, -0.2) is 0 Å². The highest BCUT2D eigenvalue weighted by Gasteiger charge is 2.38. The van der Waals surface area contributed by atoms with Crippen LogP contribution in [0.2, 0.25) is 5.02 Å². The van der Waals surface area contributed by atoms with E-state index in [-0.39, 0.29) is 31.0 Å². The maximum absolute atomic E-state index is 12.6. The second-order valence-electron chi connectivity index (χ2n) is 6.57. The number of carbonyl (C=O) groups is 2. The Balaban J connectivity index is 1.46. The van der Waals surface area contributed by atoms with Gasteiger partial charge in [0.15, 0.2) is 6.61 Å². The van der Waals surface area contributed by atoms with E-state index < -0.39 is 0 Å². The molecule has 2 heterocycles. The van der Waals surface area contributed by atoms with Gasteiger partial charge in [-0.15, -0.1) is 0 Å². The average Bonchev–Trinajstić information content (AvgIpc) is 2.67. The third kappa shape index (κ3) is 3.27.